The Hall–Kier alpha value is -4.05. The number of nitrogens with zero attached hydrogens (tertiary/aromatic N) is 1. The number of hydrogen-bond acceptors (Lipinski definition) is 4. The van der Waals surface area contributed by atoms with Gasteiger partial charge in [0.15, 0.2) is 0 Å². The molecule has 0 fully saturated rings. The smallest absolute Gasteiger partial charge is 0.120 e. The fraction of sp³-hybridized carbons (Fsp3) is 0.107. The number of hydrogen-bond donors (Lipinski definition) is 0. The van der Waals surface area contributed by atoms with Crippen LogP contribution in [0.2, 0.25) is 0 Å². The zero-order valence-electron chi connectivity index (χ0n) is 18.0. The standard InChI is InChI=1S/C28H25NO3/c1-30-26-13-9-22(10-14-26)19-29-25-11-7-24(8-12-25)21-32-28-17-15-27(16-18-28)31-20-23-5-3-2-4-6-23/h2-19H,20-21H2,1H3. The summed E-state index contributed by atoms with van der Waals surface area (Å²) in [5.74, 6) is 2.46. The Labute approximate surface area is 188 Å². The van der Waals surface area contributed by atoms with Crippen molar-refractivity contribution in [3.63, 3.8) is 0 Å². The van der Waals surface area contributed by atoms with Crippen LogP contribution in [-0.4, -0.2) is 13.3 Å². The van der Waals surface area contributed by atoms with E-state index in [2.05, 4.69) is 4.99 Å². The van der Waals surface area contributed by atoms with E-state index in [1.165, 1.54) is 0 Å². The maximum atomic E-state index is 5.89. The Morgan fingerprint density at radius 2 is 1.12 bits per heavy atom. The van der Waals surface area contributed by atoms with Crippen LogP contribution in [0.1, 0.15) is 16.7 Å². The van der Waals surface area contributed by atoms with E-state index in [1.807, 2.05) is 109 Å². The van der Waals surface area contributed by atoms with Crippen molar-refractivity contribution in [1.29, 1.82) is 0 Å². The van der Waals surface area contributed by atoms with Crippen molar-refractivity contribution in [1.82, 2.24) is 0 Å². The highest BCUT2D eigenvalue weighted by atomic mass is 16.5. The molecule has 0 saturated carbocycles. The van der Waals surface area contributed by atoms with Gasteiger partial charge in [-0.05, 0) is 77.4 Å². The van der Waals surface area contributed by atoms with E-state index in [0.29, 0.717) is 13.2 Å². The summed E-state index contributed by atoms with van der Waals surface area (Å²) in [6, 6.07) is 33.6. The zero-order chi connectivity index (χ0) is 22.0. The van der Waals surface area contributed by atoms with Crippen molar-refractivity contribution in [3.8, 4) is 17.2 Å². The SMILES string of the molecule is COc1ccc(C=Nc2ccc(COc3ccc(OCc4ccccc4)cc3)cc2)cc1. The monoisotopic (exact) mass is 423 g/mol. The van der Waals surface area contributed by atoms with Crippen LogP contribution >= 0.6 is 0 Å². The Bertz CT molecular complexity index is 1120. The van der Waals surface area contributed by atoms with Gasteiger partial charge in [-0.15, -0.1) is 0 Å². The third-order valence-corrected chi connectivity index (χ3v) is 4.89. The van der Waals surface area contributed by atoms with Crippen LogP contribution in [0.4, 0.5) is 5.69 Å². The molecule has 0 saturated heterocycles. The zero-order valence-corrected chi connectivity index (χ0v) is 18.0. The van der Waals surface area contributed by atoms with E-state index in [-0.39, 0.29) is 0 Å². The fourth-order valence-electron chi connectivity index (χ4n) is 3.06. The van der Waals surface area contributed by atoms with Crippen LogP contribution in [0.15, 0.2) is 108 Å². The van der Waals surface area contributed by atoms with E-state index in [9.17, 15) is 0 Å². The molecule has 0 atom stereocenters. The third kappa shape index (κ3) is 6.22. The molecule has 0 radical (unpaired) electrons. The molecule has 0 aliphatic heterocycles. The molecule has 4 nitrogen and oxygen atoms in total. The van der Waals surface area contributed by atoms with Gasteiger partial charge in [0.2, 0.25) is 0 Å². The van der Waals surface area contributed by atoms with Gasteiger partial charge in [-0.2, -0.15) is 0 Å². The normalized spacial score (nSPS) is 10.8. The molecule has 160 valence electrons. The largest absolute Gasteiger partial charge is 0.497 e. The molecule has 0 aliphatic carbocycles. The molecular weight excluding hydrogens is 398 g/mol. The highest BCUT2D eigenvalue weighted by molar-refractivity contribution is 5.82. The molecule has 0 N–H and O–H groups in total. The van der Waals surface area contributed by atoms with E-state index < -0.39 is 0 Å². The van der Waals surface area contributed by atoms with Gasteiger partial charge in [0.05, 0.1) is 12.8 Å². The Kier molecular flexibility index (Phi) is 7.17. The summed E-state index contributed by atoms with van der Waals surface area (Å²) in [5.41, 5.74) is 4.14. The number of rotatable bonds is 9. The first-order valence-electron chi connectivity index (χ1n) is 10.5. The molecule has 0 amide bonds. The average Bonchev–Trinajstić information content (AvgIpc) is 2.87. The summed E-state index contributed by atoms with van der Waals surface area (Å²) in [5, 5.41) is 0. The van der Waals surface area contributed by atoms with Crippen LogP contribution in [0, 0.1) is 0 Å². The van der Waals surface area contributed by atoms with Gasteiger partial charge in [-0.25, -0.2) is 0 Å². The first kappa shape index (κ1) is 21.2. The summed E-state index contributed by atoms with van der Waals surface area (Å²) >= 11 is 0. The predicted molar refractivity (Wildman–Crippen MR) is 128 cm³/mol. The van der Waals surface area contributed by atoms with Gasteiger partial charge in [0, 0.05) is 6.21 Å². The average molecular weight is 424 g/mol. The van der Waals surface area contributed by atoms with Gasteiger partial charge in [-0.3, -0.25) is 4.99 Å². The first-order chi connectivity index (χ1) is 15.8. The molecule has 4 aromatic rings. The molecule has 0 bridgehead atoms. The molecule has 0 unspecified atom stereocenters. The molecule has 4 heteroatoms. The van der Waals surface area contributed by atoms with Crippen molar-refractivity contribution >= 4 is 11.9 Å². The second kappa shape index (κ2) is 10.8. The minimum atomic E-state index is 0.493. The van der Waals surface area contributed by atoms with Crippen molar-refractivity contribution in [2.45, 2.75) is 13.2 Å². The topological polar surface area (TPSA) is 40.0 Å². The quantitative estimate of drug-likeness (QED) is 0.285. The second-order valence-corrected chi connectivity index (χ2v) is 7.23. The van der Waals surface area contributed by atoms with Crippen LogP contribution in [0.25, 0.3) is 0 Å². The second-order valence-electron chi connectivity index (χ2n) is 7.23. The van der Waals surface area contributed by atoms with Crippen LogP contribution < -0.4 is 14.2 Å². The number of methoxy groups -OCH3 is 1. The Balaban J connectivity index is 1.26. The number of aliphatic imine (C=N–C) groups is 1. The van der Waals surface area contributed by atoms with E-state index in [4.69, 9.17) is 14.2 Å². The molecular formula is C28H25NO3. The van der Waals surface area contributed by atoms with Crippen LogP contribution in [-0.2, 0) is 13.2 Å². The van der Waals surface area contributed by atoms with Gasteiger partial charge in [0.1, 0.15) is 30.5 Å². The van der Waals surface area contributed by atoms with Crippen LogP contribution in [0.5, 0.6) is 17.2 Å². The Morgan fingerprint density at radius 3 is 1.69 bits per heavy atom. The summed E-state index contributed by atoms with van der Waals surface area (Å²) < 4.78 is 16.9. The van der Waals surface area contributed by atoms with Crippen LogP contribution in [0.3, 0.4) is 0 Å². The summed E-state index contributed by atoms with van der Waals surface area (Å²) in [6.07, 6.45) is 1.84. The molecule has 0 spiro atoms. The summed E-state index contributed by atoms with van der Waals surface area (Å²) in [6.45, 7) is 1.04. The van der Waals surface area contributed by atoms with Crippen molar-refractivity contribution in [2.24, 2.45) is 4.99 Å². The summed E-state index contributed by atoms with van der Waals surface area (Å²) in [4.78, 5) is 4.52. The number of benzene rings is 4. The van der Waals surface area contributed by atoms with Gasteiger partial charge < -0.3 is 14.2 Å². The lowest BCUT2D eigenvalue weighted by Gasteiger charge is -2.09. The maximum Gasteiger partial charge on any atom is 0.120 e. The highest BCUT2D eigenvalue weighted by Gasteiger charge is 2.00. The van der Waals surface area contributed by atoms with Crippen molar-refractivity contribution < 1.29 is 14.2 Å². The first-order valence-corrected chi connectivity index (χ1v) is 10.5. The van der Waals surface area contributed by atoms with Gasteiger partial charge in [0.25, 0.3) is 0 Å². The van der Waals surface area contributed by atoms with E-state index in [0.717, 1.165) is 39.6 Å². The lowest BCUT2D eigenvalue weighted by molar-refractivity contribution is 0.297. The lowest BCUT2D eigenvalue weighted by atomic mass is 10.2. The molecule has 0 aromatic heterocycles. The fourth-order valence-corrected chi connectivity index (χ4v) is 3.06. The number of ether oxygens (including phenoxy) is 3. The van der Waals surface area contributed by atoms with Gasteiger partial charge >= 0.3 is 0 Å². The van der Waals surface area contributed by atoms with Gasteiger partial charge in [-0.1, -0.05) is 42.5 Å². The maximum absolute atomic E-state index is 5.89. The highest BCUT2D eigenvalue weighted by Crippen LogP contribution is 2.21. The lowest BCUT2D eigenvalue weighted by Crippen LogP contribution is -1.96. The molecule has 4 rings (SSSR count). The minimum Gasteiger partial charge on any atom is -0.497 e. The minimum absolute atomic E-state index is 0.493. The summed E-state index contributed by atoms with van der Waals surface area (Å²) in [7, 11) is 1.66. The van der Waals surface area contributed by atoms with E-state index in [1.54, 1.807) is 7.11 Å². The molecule has 0 heterocycles. The van der Waals surface area contributed by atoms with Crippen molar-refractivity contribution in [2.75, 3.05) is 7.11 Å². The predicted octanol–water partition coefficient (Wildman–Crippen LogP) is 6.60. The third-order valence-electron chi connectivity index (χ3n) is 4.89. The molecule has 4 aromatic carbocycles. The van der Waals surface area contributed by atoms with E-state index >= 15 is 0 Å². The molecule has 32 heavy (non-hydrogen) atoms. The Morgan fingerprint density at radius 1 is 0.594 bits per heavy atom. The van der Waals surface area contributed by atoms with Crippen molar-refractivity contribution in [3.05, 3.63) is 120 Å². The molecule has 0 aliphatic rings.